The molecule has 1 aromatic rings. The molecule has 1 aliphatic rings. The molecule has 6 nitrogen and oxygen atoms in total. The maximum absolute atomic E-state index is 12.5. The maximum Gasteiger partial charge on any atom is 0.245 e. The number of benzene rings is 1. The average molecular weight is 295 g/mol. The number of nitrogens with two attached hydrogens (primary N) is 1. The van der Waals surface area contributed by atoms with Crippen LogP contribution in [0.15, 0.2) is 23.1 Å². The number of nitrogens with zero attached hydrogens (tertiary/aromatic N) is 2. The number of methoxy groups -OCH3 is 1. The van der Waals surface area contributed by atoms with E-state index >= 15 is 0 Å². The smallest absolute Gasteiger partial charge is 0.245 e. The number of anilines is 1. The molecule has 20 heavy (non-hydrogen) atoms. The summed E-state index contributed by atoms with van der Waals surface area (Å²) >= 11 is 0. The summed E-state index contributed by atoms with van der Waals surface area (Å²) in [7, 11) is -1.97. The first kappa shape index (κ1) is 14.8. The predicted octanol–water partition coefficient (Wildman–Crippen LogP) is 0.940. The van der Waals surface area contributed by atoms with E-state index in [2.05, 4.69) is 0 Å². The number of nitriles is 1. The Bertz CT molecular complexity index is 629. The Morgan fingerprint density at radius 2 is 2.05 bits per heavy atom. The summed E-state index contributed by atoms with van der Waals surface area (Å²) in [5, 5.41) is 8.78. The molecule has 1 fully saturated rings. The molecule has 0 atom stereocenters. The Morgan fingerprint density at radius 1 is 1.40 bits per heavy atom. The Morgan fingerprint density at radius 3 is 2.55 bits per heavy atom. The lowest BCUT2D eigenvalue weighted by Gasteiger charge is -2.30. The Kier molecular flexibility index (Phi) is 4.28. The SMILES string of the molecule is COC1CCN(S(=O)(=O)c2ccc(C#N)cc2N)CC1. The topological polar surface area (TPSA) is 96.4 Å². The minimum Gasteiger partial charge on any atom is -0.398 e. The van der Waals surface area contributed by atoms with Crippen molar-refractivity contribution in [2.45, 2.75) is 23.8 Å². The molecule has 0 bridgehead atoms. The van der Waals surface area contributed by atoms with Crippen molar-refractivity contribution >= 4 is 15.7 Å². The van der Waals surface area contributed by atoms with Gasteiger partial charge in [-0.1, -0.05) is 0 Å². The van der Waals surface area contributed by atoms with Crippen molar-refractivity contribution in [1.29, 1.82) is 5.26 Å². The van der Waals surface area contributed by atoms with Crippen molar-refractivity contribution in [2.24, 2.45) is 0 Å². The average Bonchev–Trinajstić information content (AvgIpc) is 2.46. The summed E-state index contributed by atoms with van der Waals surface area (Å²) in [4.78, 5) is 0.0624. The molecular weight excluding hydrogens is 278 g/mol. The molecule has 0 unspecified atom stereocenters. The Balaban J connectivity index is 2.25. The second-order valence-electron chi connectivity index (χ2n) is 4.70. The first-order chi connectivity index (χ1) is 9.48. The molecule has 0 saturated carbocycles. The van der Waals surface area contributed by atoms with Crippen LogP contribution in [0.3, 0.4) is 0 Å². The number of piperidine rings is 1. The highest BCUT2D eigenvalue weighted by Crippen LogP contribution is 2.26. The van der Waals surface area contributed by atoms with E-state index in [9.17, 15) is 8.42 Å². The van der Waals surface area contributed by atoms with Gasteiger partial charge < -0.3 is 10.5 Å². The van der Waals surface area contributed by atoms with Crippen LogP contribution in [0.2, 0.25) is 0 Å². The zero-order valence-corrected chi connectivity index (χ0v) is 12.1. The standard InChI is InChI=1S/C13H17N3O3S/c1-19-11-4-6-16(7-5-11)20(17,18)13-3-2-10(9-14)8-12(13)15/h2-3,8,11H,4-7,15H2,1H3. The highest BCUT2D eigenvalue weighted by Gasteiger charge is 2.30. The summed E-state index contributed by atoms with van der Waals surface area (Å²) in [5.74, 6) is 0. The monoisotopic (exact) mass is 295 g/mol. The van der Waals surface area contributed by atoms with Gasteiger partial charge >= 0.3 is 0 Å². The number of rotatable bonds is 3. The number of ether oxygens (including phenoxy) is 1. The van der Waals surface area contributed by atoms with Gasteiger partial charge in [0.2, 0.25) is 10.0 Å². The summed E-state index contributed by atoms with van der Waals surface area (Å²) < 4.78 is 31.7. The molecule has 0 radical (unpaired) electrons. The summed E-state index contributed by atoms with van der Waals surface area (Å²) in [5.41, 5.74) is 6.22. The molecule has 1 saturated heterocycles. The van der Waals surface area contributed by atoms with E-state index in [0.29, 0.717) is 31.5 Å². The molecule has 1 aromatic carbocycles. The molecule has 2 N–H and O–H groups in total. The largest absolute Gasteiger partial charge is 0.398 e. The number of sulfonamides is 1. The Labute approximate surface area is 118 Å². The molecule has 0 spiro atoms. The third-order valence-corrected chi connectivity index (χ3v) is 5.46. The fourth-order valence-electron chi connectivity index (χ4n) is 2.30. The second-order valence-corrected chi connectivity index (χ2v) is 6.61. The lowest BCUT2D eigenvalue weighted by atomic mass is 10.1. The van der Waals surface area contributed by atoms with Gasteiger partial charge in [0.25, 0.3) is 0 Å². The fourth-order valence-corrected chi connectivity index (χ4v) is 3.87. The highest BCUT2D eigenvalue weighted by molar-refractivity contribution is 7.89. The van der Waals surface area contributed by atoms with E-state index in [0.717, 1.165) is 0 Å². The maximum atomic E-state index is 12.5. The zero-order chi connectivity index (χ0) is 14.8. The van der Waals surface area contributed by atoms with E-state index in [4.69, 9.17) is 15.7 Å². The fraction of sp³-hybridized carbons (Fsp3) is 0.462. The van der Waals surface area contributed by atoms with Gasteiger partial charge in [-0.25, -0.2) is 8.42 Å². The van der Waals surface area contributed by atoms with E-state index in [1.54, 1.807) is 7.11 Å². The normalized spacial score (nSPS) is 17.8. The minimum atomic E-state index is -3.61. The first-order valence-electron chi connectivity index (χ1n) is 6.31. The molecular formula is C13H17N3O3S. The number of hydrogen-bond acceptors (Lipinski definition) is 5. The van der Waals surface area contributed by atoms with Gasteiger partial charge in [-0.05, 0) is 31.0 Å². The van der Waals surface area contributed by atoms with Gasteiger partial charge in [0.15, 0.2) is 0 Å². The van der Waals surface area contributed by atoms with E-state index in [-0.39, 0.29) is 16.7 Å². The highest BCUT2D eigenvalue weighted by atomic mass is 32.2. The van der Waals surface area contributed by atoms with Crippen LogP contribution in [0.4, 0.5) is 5.69 Å². The summed E-state index contributed by atoms with van der Waals surface area (Å²) in [6, 6.07) is 6.18. The molecule has 0 aromatic heterocycles. The van der Waals surface area contributed by atoms with Crippen molar-refractivity contribution in [2.75, 3.05) is 25.9 Å². The quantitative estimate of drug-likeness (QED) is 0.837. The van der Waals surface area contributed by atoms with Gasteiger partial charge in [0.1, 0.15) is 4.90 Å². The lowest BCUT2D eigenvalue weighted by Crippen LogP contribution is -2.40. The molecule has 0 aliphatic carbocycles. The third-order valence-electron chi connectivity index (χ3n) is 3.49. The van der Waals surface area contributed by atoms with Gasteiger partial charge in [0.05, 0.1) is 23.4 Å². The molecule has 2 rings (SSSR count). The molecule has 108 valence electrons. The van der Waals surface area contributed by atoms with Crippen molar-refractivity contribution in [3.05, 3.63) is 23.8 Å². The van der Waals surface area contributed by atoms with E-state index < -0.39 is 10.0 Å². The van der Waals surface area contributed by atoms with Crippen LogP contribution in [0, 0.1) is 11.3 Å². The van der Waals surface area contributed by atoms with Gasteiger partial charge in [-0.3, -0.25) is 0 Å². The number of nitrogen functional groups attached to an aromatic ring is 1. The van der Waals surface area contributed by atoms with Crippen LogP contribution in [-0.2, 0) is 14.8 Å². The van der Waals surface area contributed by atoms with Crippen LogP contribution in [-0.4, -0.2) is 39.0 Å². The molecule has 0 amide bonds. The second kappa shape index (κ2) is 5.79. The lowest BCUT2D eigenvalue weighted by molar-refractivity contribution is 0.0604. The van der Waals surface area contributed by atoms with Crippen LogP contribution >= 0.6 is 0 Å². The van der Waals surface area contributed by atoms with E-state index in [1.807, 2.05) is 6.07 Å². The van der Waals surface area contributed by atoms with Crippen molar-refractivity contribution < 1.29 is 13.2 Å². The predicted molar refractivity (Wildman–Crippen MR) is 74.4 cm³/mol. The van der Waals surface area contributed by atoms with Crippen molar-refractivity contribution in [3.8, 4) is 6.07 Å². The zero-order valence-electron chi connectivity index (χ0n) is 11.2. The first-order valence-corrected chi connectivity index (χ1v) is 7.75. The summed E-state index contributed by atoms with van der Waals surface area (Å²) in [6.07, 6.45) is 1.46. The number of hydrogen-bond donors (Lipinski definition) is 1. The van der Waals surface area contributed by atoms with Crippen LogP contribution in [0.5, 0.6) is 0 Å². The Hall–Kier alpha value is -1.62. The van der Waals surface area contributed by atoms with Crippen LogP contribution in [0.25, 0.3) is 0 Å². The van der Waals surface area contributed by atoms with Crippen molar-refractivity contribution in [1.82, 2.24) is 4.31 Å². The third kappa shape index (κ3) is 2.77. The van der Waals surface area contributed by atoms with Crippen LogP contribution < -0.4 is 5.73 Å². The molecule has 1 heterocycles. The summed E-state index contributed by atoms with van der Waals surface area (Å²) in [6.45, 7) is 0.834. The van der Waals surface area contributed by atoms with Gasteiger partial charge in [-0.15, -0.1) is 0 Å². The molecule has 7 heteroatoms. The van der Waals surface area contributed by atoms with E-state index in [1.165, 1.54) is 22.5 Å². The molecule has 1 aliphatic heterocycles. The van der Waals surface area contributed by atoms with Crippen LogP contribution in [0.1, 0.15) is 18.4 Å². The van der Waals surface area contributed by atoms with Gasteiger partial charge in [-0.2, -0.15) is 9.57 Å². The van der Waals surface area contributed by atoms with Gasteiger partial charge in [0, 0.05) is 20.2 Å². The minimum absolute atomic E-state index is 0.0624. The van der Waals surface area contributed by atoms with Crippen molar-refractivity contribution in [3.63, 3.8) is 0 Å².